The van der Waals surface area contributed by atoms with E-state index >= 15 is 0 Å². The number of ether oxygens (including phenoxy) is 1. The molecular weight excluding hydrogens is 430 g/mol. The third-order valence-electron chi connectivity index (χ3n) is 6.36. The summed E-state index contributed by atoms with van der Waals surface area (Å²) in [7, 11) is 0. The van der Waals surface area contributed by atoms with Crippen molar-refractivity contribution in [1.82, 2.24) is 15.0 Å². The van der Waals surface area contributed by atoms with Crippen molar-refractivity contribution < 1.29 is 18.8 Å². The predicted octanol–water partition coefficient (Wildman–Crippen LogP) is 4.34. The molecule has 0 bridgehead atoms. The molecule has 32 heavy (non-hydrogen) atoms. The Morgan fingerprint density at radius 3 is 2.62 bits per heavy atom. The molecule has 8 heteroatoms. The summed E-state index contributed by atoms with van der Waals surface area (Å²) < 4.78 is 11.3. The summed E-state index contributed by atoms with van der Waals surface area (Å²) in [6, 6.07) is 8.91. The molecule has 2 aromatic rings. The van der Waals surface area contributed by atoms with Crippen LogP contribution >= 0.6 is 11.6 Å². The lowest BCUT2D eigenvalue weighted by Gasteiger charge is -2.43. The number of aryl methyl sites for hydroxylation is 1. The van der Waals surface area contributed by atoms with E-state index in [1.165, 1.54) is 6.42 Å². The molecule has 0 saturated carbocycles. The third-order valence-corrected chi connectivity index (χ3v) is 6.60. The van der Waals surface area contributed by atoms with E-state index in [0.717, 1.165) is 38.8 Å². The van der Waals surface area contributed by atoms with Gasteiger partial charge in [0.25, 0.3) is 5.91 Å². The van der Waals surface area contributed by atoms with Crippen LogP contribution in [0.1, 0.15) is 54.8 Å². The molecule has 0 unspecified atom stereocenters. The quantitative estimate of drug-likeness (QED) is 0.642. The first-order chi connectivity index (χ1) is 15.4. The topological polar surface area (TPSA) is 75.9 Å². The summed E-state index contributed by atoms with van der Waals surface area (Å²) >= 11 is 6.11. The number of carbonyl (C=O) groups excluding carboxylic acids is 2. The minimum atomic E-state index is -0.472. The van der Waals surface area contributed by atoms with Gasteiger partial charge in [0.2, 0.25) is 11.7 Å². The number of nitrogens with zero attached hydrogens (tertiary/aromatic N) is 3. The van der Waals surface area contributed by atoms with Crippen LogP contribution in [0.5, 0.6) is 5.75 Å². The largest absolute Gasteiger partial charge is 0.493 e. The van der Waals surface area contributed by atoms with Gasteiger partial charge in [0.1, 0.15) is 5.75 Å². The van der Waals surface area contributed by atoms with E-state index in [2.05, 4.69) is 5.16 Å². The number of piperidine rings is 2. The molecule has 7 nitrogen and oxygen atoms in total. The van der Waals surface area contributed by atoms with Crippen LogP contribution in [-0.2, 0) is 4.79 Å². The van der Waals surface area contributed by atoms with Gasteiger partial charge in [-0.1, -0.05) is 22.8 Å². The van der Waals surface area contributed by atoms with Gasteiger partial charge in [0, 0.05) is 49.1 Å². The van der Waals surface area contributed by atoms with Crippen LogP contribution in [0.3, 0.4) is 0 Å². The maximum absolute atomic E-state index is 13.2. The summed E-state index contributed by atoms with van der Waals surface area (Å²) in [5.74, 6) is 0.847. The Morgan fingerprint density at radius 2 is 1.91 bits per heavy atom. The minimum Gasteiger partial charge on any atom is -0.493 e. The highest BCUT2D eigenvalue weighted by molar-refractivity contribution is 6.30. The molecule has 2 aliphatic heterocycles. The number of halogens is 1. The molecule has 0 radical (unpaired) electrons. The summed E-state index contributed by atoms with van der Waals surface area (Å²) in [6.45, 7) is 4.80. The molecule has 0 N–H and O–H groups in total. The number of rotatable bonds is 6. The molecule has 2 fully saturated rings. The zero-order valence-electron chi connectivity index (χ0n) is 18.5. The van der Waals surface area contributed by atoms with Gasteiger partial charge in [-0.3, -0.25) is 9.59 Å². The smallest absolute Gasteiger partial charge is 0.292 e. The van der Waals surface area contributed by atoms with Gasteiger partial charge in [-0.05, 0) is 57.2 Å². The molecule has 2 saturated heterocycles. The Kier molecular flexibility index (Phi) is 7.04. The molecule has 1 atom stereocenters. The number of amides is 2. The number of aromatic nitrogens is 1. The molecule has 172 valence electrons. The summed E-state index contributed by atoms with van der Waals surface area (Å²) in [5.41, 5.74) is 0.195. The Morgan fingerprint density at radius 1 is 1.12 bits per heavy atom. The zero-order valence-corrected chi connectivity index (χ0v) is 19.3. The standard InChI is InChI=1S/C24H30ClN3O4/c1-18-13-21(32-26-18)23(30)28-12-6-9-24(16-28,15-22(29)27-10-3-2-4-11-27)17-31-20-8-5-7-19(25)14-20/h5,7-8,13-14H,2-4,6,9-12,15-17H2,1H3/t24-/m0/s1. The molecule has 1 aromatic carbocycles. The van der Waals surface area contributed by atoms with Crippen molar-refractivity contribution in [3.8, 4) is 5.75 Å². The van der Waals surface area contributed by atoms with Crippen molar-refractivity contribution in [2.75, 3.05) is 32.8 Å². The molecule has 0 spiro atoms. The normalized spacial score (nSPS) is 21.4. The highest BCUT2D eigenvalue weighted by Crippen LogP contribution is 2.36. The van der Waals surface area contributed by atoms with E-state index in [0.29, 0.717) is 42.6 Å². The van der Waals surface area contributed by atoms with Gasteiger partial charge >= 0.3 is 0 Å². The second-order valence-corrected chi connectivity index (χ2v) is 9.46. The lowest BCUT2D eigenvalue weighted by molar-refractivity contribution is -0.136. The van der Waals surface area contributed by atoms with Crippen LogP contribution in [0.15, 0.2) is 34.9 Å². The monoisotopic (exact) mass is 459 g/mol. The van der Waals surface area contributed by atoms with E-state index in [-0.39, 0.29) is 17.6 Å². The summed E-state index contributed by atoms with van der Waals surface area (Å²) in [4.78, 5) is 30.0. The SMILES string of the molecule is Cc1cc(C(=O)N2CCC[C@](COc3cccc(Cl)c3)(CC(=O)N3CCCCC3)C2)on1. The molecule has 0 aliphatic carbocycles. The van der Waals surface area contributed by atoms with Crippen LogP contribution in [0.4, 0.5) is 0 Å². The average Bonchev–Trinajstić information content (AvgIpc) is 3.24. The molecular formula is C24H30ClN3O4. The molecule has 1 aromatic heterocycles. The third kappa shape index (κ3) is 5.44. The number of likely N-dealkylation sites (tertiary alicyclic amines) is 2. The van der Waals surface area contributed by atoms with Gasteiger partial charge in [-0.15, -0.1) is 0 Å². The summed E-state index contributed by atoms with van der Waals surface area (Å²) in [5, 5.41) is 4.44. The van der Waals surface area contributed by atoms with Crippen LogP contribution in [-0.4, -0.2) is 59.6 Å². The first-order valence-electron chi connectivity index (χ1n) is 11.3. The highest BCUT2D eigenvalue weighted by Gasteiger charge is 2.41. The minimum absolute atomic E-state index is 0.143. The number of carbonyl (C=O) groups is 2. The van der Waals surface area contributed by atoms with E-state index in [9.17, 15) is 9.59 Å². The van der Waals surface area contributed by atoms with Crippen molar-refractivity contribution in [2.45, 2.75) is 45.4 Å². The van der Waals surface area contributed by atoms with Gasteiger partial charge in [0.05, 0.1) is 12.3 Å². The van der Waals surface area contributed by atoms with Crippen molar-refractivity contribution in [2.24, 2.45) is 5.41 Å². The second-order valence-electron chi connectivity index (χ2n) is 9.03. The fourth-order valence-corrected chi connectivity index (χ4v) is 4.86. The first-order valence-corrected chi connectivity index (χ1v) is 11.7. The van der Waals surface area contributed by atoms with E-state index in [1.54, 1.807) is 30.0 Å². The fourth-order valence-electron chi connectivity index (χ4n) is 4.68. The van der Waals surface area contributed by atoms with E-state index in [4.69, 9.17) is 20.9 Å². The van der Waals surface area contributed by atoms with E-state index < -0.39 is 5.41 Å². The predicted molar refractivity (Wildman–Crippen MR) is 121 cm³/mol. The van der Waals surface area contributed by atoms with E-state index in [1.807, 2.05) is 17.0 Å². The average molecular weight is 460 g/mol. The second kappa shape index (κ2) is 9.94. The Bertz CT molecular complexity index is 956. The molecule has 2 aliphatic rings. The first kappa shape index (κ1) is 22.6. The fraction of sp³-hybridized carbons (Fsp3) is 0.542. The lowest BCUT2D eigenvalue weighted by Crippen LogP contribution is -2.51. The van der Waals surface area contributed by atoms with Crippen LogP contribution < -0.4 is 4.74 Å². The Balaban J connectivity index is 1.52. The van der Waals surface area contributed by atoms with Crippen molar-refractivity contribution >= 4 is 23.4 Å². The van der Waals surface area contributed by atoms with Gasteiger partial charge < -0.3 is 19.1 Å². The lowest BCUT2D eigenvalue weighted by atomic mass is 9.77. The summed E-state index contributed by atoms with van der Waals surface area (Å²) in [6.07, 6.45) is 5.23. The van der Waals surface area contributed by atoms with Crippen molar-refractivity contribution in [1.29, 1.82) is 0 Å². The van der Waals surface area contributed by atoms with Gasteiger partial charge in [-0.2, -0.15) is 0 Å². The van der Waals surface area contributed by atoms with Crippen LogP contribution in [0.2, 0.25) is 5.02 Å². The van der Waals surface area contributed by atoms with Crippen molar-refractivity contribution in [3.63, 3.8) is 0 Å². The maximum Gasteiger partial charge on any atom is 0.292 e. The van der Waals surface area contributed by atoms with Crippen LogP contribution in [0.25, 0.3) is 0 Å². The van der Waals surface area contributed by atoms with Crippen LogP contribution in [0, 0.1) is 12.3 Å². The number of hydrogen-bond donors (Lipinski definition) is 0. The van der Waals surface area contributed by atoms with Gasteiger partial charge in [0.15, 0.2) is 0 Å². The molecule has 3 heterocycles. The molecule has 4 rings (SSSR count). The maximum atomic E-state index is 13.2. The molecule has 2 amide bonds. The number of benzene rings is 1. The Hall–Kier alpha value is -2.54. The Labute approximate surface area is 193 Å². The zero-order chi connectivity index (χ0) is 22.6. The highest BCUT2D eigenvalue weighted by atomic mass is 35.5. The van der Waals surface area contributed by atoms with Crippen molar-refractivity contribution in [3.05, 3.63) is 46.8 Å². The van der Waals surface area contributed by atoms with Gasteiger partial charge in [-0.25, -0.2) is 0 Å². The number of hydrogen-bond acceptors (Lipinski definition) is 5.